The third kappa shape index (κ3) is 1.46. The Kier molecular flexibility index (Phi) is 2.22. The molecule has 0 spiro atoms. The molecule has 1 heterocycles. The van der Waals surface area contributed by atoms with Gasteiger partial charge in [0.05, 0.1) is 5.03 Å². The molecule has 0 aromatic carbocycles. The average Bonchev–Trinajstić information content (AvgIpc) is 1.91. The van der Waals surface area contributed by atoms with Crippen molar-refractivity contribution in [2.75, 3.05) is 0 Å². The van der Waals surface area contributed by atoms with Crippen molar-refractivity contribution in [1.82, 2.24) is 0 Å². The van der Waals surface area contributed by atoms with Gasteiger partial charge in [0.1, 0.15) is 4.71 Å². The third-order valence-corrected chi connectivity index (χ3v) is 4.12. The van der Waals surface area contributed by atoms with E-state index in [0.717, 1.165) is 5.03 Å². The van der Waals surface area contributed by atoms with Crippen LogP contribution in [-0.4, -0.2) is 4.71 Å². The molecule has 0 aromatic rings. The lowest BCUT2D eigenvalue weighted by Crippen LogP contribution is -1.80. The SMILES string of the molecule is ClC1=CSSC1Cl. The van der Waals surface area contributed by atoms with Gasteiger partial charge in [-0.05, 0) is 5.41 Å². The maximum Gasteiger partial charge on any atom is 0.125 e. The molecule has 0 N–H and O–H groups in total. The smallest absolute Gasteiger partial charge is 0.104 e. The summed E-state index contributed by atoms with van der Waals surface area (Å²) >= 11 is 11.2. The van der Waals surface area contributed by atoms with Crippen LogP contribution in [0, 0.1) is 0 Å². The van der Waals surface area contributed by atoms with E-state index in [1.165, 1.54) is 0 Å². The monoisotopic (exact) mass is 172 g/mol. The molecule has 0 bridgehead atoms. The second kappa shape index (κ2) is 2.53. The standard InChI is InChI=1S/C3H2Cl2S2/c4-2-1-6-7-3(2)5/h1,3H. The van der Waals surface area contributed by atoms with Gasteiger partial charge in [0, 0.05) is 0 Å². The zero-order valence-corrected chi connectivity index (χ0v) is 6.37. The highest BCUT2D eigenvalue weighted by Crippen LogP contribution is 2.43. The number of alkyl halides is 1. The predicted octanol–water partition coefficient (Wildman–Crippen LogP) is 3.03. The quantitative estimate of drug-likeness (QED) is 0.408. The minimum atomic E-state index is -0.00772. The topological polar surface area (TPSA) is 0 Å². The summed E-state index contributed by atoms with van der Waals surface area (Å²) in [6, 6.07) is 0. The van der Waals surface area contributed by atoms with Crippen molar-refractivity contribution >= 4 is 44.8 Å². The van der Waals surface area contributed by atoms with E-state index < -0.39 is 0 Å². The van der Waals surface area contributed by atoms with Crippen LogP contribution in [0.15, 0.2) is 10.4 Å². The van der Waals surface area contributed by atoms with Crippen molar-refractivity contribution in [2.45, 2.75) is 4.71 Å². The van der Waals surface area contributed by atoms with E-state index in [2.05, 4.69) is 0 Å². The first-order chi connectivity index (χ1) is 3.30. The molecule has 0 nitrogen and oxygen atoms in total. The number of halogens is 2. The summed E-state index contributed by atoms with van der Waals surface area (Å²) in [7, 11) is 3.14. The normalized spacial score (nSPS) is 30.6. The van der Waals surface area contributed by atoms with E-state index in [1.807, 2.05) is 5.41 Å². The molecule has 40 valence electrons. The van der Waals surface area contributed by atoms with E-state index in [4.69, 9.17) is 23.2 Å². The fourth-order valence-corrected chi connectivity index (χ4v) is 3.03. The van der Waals surface area contributed by atoms with Crippen molar-refractivity contribution in [1.29, 1.82) is 0 Å². The summed E-state index contributed by atoms with van der Waals surface area (Å²) in [4.78, 5) is 0. The van der Waals surface area contributed by atoms with Gasteiger partial charge in [-0.25, -0.2) is 0 Å². The minimum absolute atomic E-state index is 0.00772. The van der Waals surface area contributed by atoms with Crippen molar-refractivity contribution in [3.63, 3.8) is 0 Å². The summed E-state index contributed by atoms with van der Waals surface area (Å²) in [6.45, 7) is 0. The van der Waals surface area contributed by atoms with Gasteiger partial charge in [0.25, 0.3) is 0 Å². The predicted molar refractivity (Wildman–Crippen MR) is 38.8 cm³/mol. The van der Waals surface area contributed by atoms with E-state index in [9.17, 15) is 0 Å². The second-order valence-electron chi connectivity index (χ2n) is 1.01. The second-order valence-corrected chi connectivity index (χ2v) is 4.39. The van der Waals surface area contributed by atoms with Gasteiger partial charge in [-0.1, -0.05) is 33.2 Å². The molecular formula is C3H2Cl2S2. The molecule has 1 rings (SSSR count). The summed E-state index contributed by atoms with van der Waals surface area (Å²) in [6.07, 6.45) is 0. The molecule has 0 radical (unpaired) electrons. The van der Waals surface area contributed by atoms with E-state index in [0.29, 0.717) is 0 Å². The van der Waals surface area contributed by atoms with Crippen LogP contribution in [0.2, 0.25) is 0 Å². The van der Waals surface area contributed by atoms with Gasteiger partial charge < -0.3 is 0 Å². The summed E-state index contributed by atoms with van der Waals surface area (Å²) in [5, 5.41) is 2.60. The van der Waals surface area contributed by atoms with Crippen LogP contribution in [0.5, 0.6) is 0 Å². The van der Waals surface area contributed by atoms with Crippen molar-refractivity contribution in [3.8, 4) is 0 Å². The van der Waals surface area contributed by atoms with Gasteiger partial charge in [0.2, 0.25) is 0 Å². The van der Waals surface area contributed by atoms with Crippen molar-refractivity contribution in [3.05, 3.63) is 10.4 Å². The Morgan fingerprint density at radius 3 is 2.57 bits per heavy atom. The van der Waals surface area contributed by atoms with Crippen molar-refractivity contribution in [2.24, 2.45) is 0 Å². The van der Waals surface area contributed by atoms with Crippen LogP contribution in [0.3, 0.4) is 0 Å². The first kappa shape index (κ1) is 6.14. The summed E-state index contributed by atoms with van der Waals surface area (Å²) < 4.78 is -0.00772. The Hall–Kier alpha value is 1.02. The summed E-state index contributed by atoms with van der Waals surface area (Å²) in [5.41, 5.74) is 0. The molecule has 0 saturated heterocycles. The lowest BCUT2D eigenvalue weighted by molar-refractivity contribution is 1.61. The van der Waals surface area contributed by atoms with E-state index in [-0.39, 0.29) is 4.71 Å². The van der Waals surface area contributed by atoms with Crippen molar-refractivity contribution < 1.29 is 0 Å². The van der Waals surface area contributed by atoms with Crippen LogP contribution >= 0.6 is 44.8 Å². The lowest BCUT2D eigenvalue weighted by Gasteiger charge is -1.91. The number of hydrogen-bond acceptors (Lipinski definition) is 2. The molecule has 4 heteroatoms. The molecule has 1 aliphatic heterocycles. The molecule has 0 aliphatic carbocycles. The largest absolute Gasteiger partial charge is 0.125 e. The highest BCUT2D eigenvalue weighted by molar-refractivity contribution is 8.78. The Labute approximate surface area is 60.0 Å². The first-order valence-corrected chi connectivity index (χ1v) is 4.71. The van der Waals surface area contributed by atoms with Crippen LogP contribution in [0.25, 0.3) is 0 Å². The molecule has 7 heavy (non-hydrogen) atoms. The van der Waals surface area contributed by atoms with Gasteiger partial charge >= 0.3 is 0 Å². The fraction of sp³-hybridized carbons (Fsp3) is 0.333. The van der Waals surface area contributed by atoms with E-state index >= 15 is 0 Å². The maximum atomic E-state index is 5.60. The van der Waals surface area contributed by atoms with Crippen LogP contribution in [0.1, 0.15) is 0 Å². The van der Waals surface area contributed by atoms with Crippen LogP contribution in [0.4, 0.5) is 0 Å². The Bertz CT molecular complexity index is 101. The van der Waals surface area contributed by atoms with Gasteiger partial charge in [-0.15, -0.1) is 11.6 Å². The molecule has 0 saturated carbocycles. The Balaban J connectivity index is 2.54. The molecule has 0 amide bonds. The average molecular weight is 173 g/mol. The molecule has 1 aliphatic rings. The van der Waals surface area contributed by atoms with Gasteiger partial charge in [-0.3, -0.25) is 0 Å². The zero-order valence-electron chi connectivity index (χ0n) is 3.23. The highest BCUT2D eigenvalue weighted by Gasteiger charge is 2.14. The number of rotatable bonds is 0. The van der Waals surface area contributed by atoms with Gasteiger partial charge in [-0.2, -0.15) is 0 Å². The molecule has 1 atom stereocenters. The van der Waals surface area contributed by atoms with Crippen LogP contribution < -0.4 is 0 Å². The third-order valence-electron chi connectivity index (χ3n) is 0.518. The molecular weight excluding hydrogens is 171 g/mol. The Morgan fingerprint density at radius 2 is 2.43 bits per heavy atom. The Morgan fingerprint density at radius 1 is 1.71 bits per heavy atom. The molecule has 1 unspecified atom stereocenters. The maximum absolute atomic E-state index is 5.60. The van der Waals surface area contributed by atoms with E-state index in [1.54, 1.807) is 21.6 Å². The van der Waals surface area contributed by atoms with Crippen LogP contribution in [-0.2, 0) is 0 Å². The molecule has 0 fully saturated rings. The minimum Gasteiger partial charge on any atom is -0.104 e. The molecule has 0 aromatic heterocycles. The fourth-order valence-electron chi connectivity index (χ4n) is 0.222. The number of hydrogen-bond donors (Lipinski definition) is 0. The first-order valence-electron chi connectivity index (χ1n) is 1.62. The lowest BCUT2D eigenvalue weighted by atomic mass is 10.7. The summed E-state index contributed by atoms with van der Waals surface area (Å²) in [5.74, 6) is 0. The highest BCUT2D eigenvalue weighted by atomic mass is 35.5. The zero-order chi connectivity index (χ0) is 5.28. The van der Waals surface area contributed by atoms with Gasteiger partial charge in [0.15, 0.2) is 0 Å².